The number of ether oxygens (including phenoxy) is 2. The van der Waals surface area contributed by atoms with E-state index in [2.05, 4.69) is 0 Å². The molecule has 1 fully saturated rings. The third kappa shape index (κ3) is 4.33. The number of carbonyl (C=O) groups excluding carboxylic acids is 1. The summed E-state index contributed by atoms with van der Waals surface area (Å²) in [4.78, 5) is 25.3. The molecule has 0 aromatic carbocycles. The largest absolute Gasteiger partial charge is 0.479 e. The van der Waals surface area contributed by atoms with Crippen LogP contribution in [0.15, 0.2) is 0 Å². The molecule has 21 heavy (non-hydrogen) atoms. The van der Waals surface area contributed by atoms with Gasteiger partial charge in [0.25, 0.3) is 0 Å². The molecule has 0 radical (unpaired) electrons. The van der Waals surface area contributed by atoms with Gasteiger partial charge in [-0.25, -0.2) is 9.59 Å². The summed E-state index contributed by atoms with van der Waals surface area (Å²) in [5.74, 6) is -0.820. The maximum absolute atomic E-state index is 12.5. The van der Waals surface area contributed by atoms with Gasteiger partial charge < -0.3 is 14.6 Å². The molecule has 0 aromatic rings. The van der Waals surface area contributed by atoms with E-state index in [0.717, 1.165) is 0 Å². The third-order valence-electron chi connectivity index (χ3n) is 3.22. The number of nitrogens with zero attached hydrogens (tertiary/aromatic N) is 1. The molecule has 1 heterocycles. The quantitative estimate of drug-likeness (QED) is 0.867. The van der Waals surface area contributed by atoms with Crippen LogP contribution in [0.5, 0.6) is 0 Å². The van der Waals surface area contributed by atoms with E-state index in [0.29, 0.717) is 6.42 Å². The molecule has 1 amide bonds. The predicted octanol–water partition coefficient (Wildman–Crippen LogP) is 2.86. The average molecular weight is 301 g/mol. The average Bonchev–Trinajstić information content (AvgIpc) is 2.46. The first-order chi connectivity index (χ1) is 9.35. The van der Waals surface area contributed by atoms with Gasteiger partial charge in [-0.1, -0.05) is 13.8 Å². The van der Waals surface area contributed by atoms with Gasteiger partial charge in [-0.3, -0.25) is 4.90 Å². The summed E-state index contributed by atoms with van der Waals surface area (Å²) in [6, 6.07) is -0.535. The van der Waals surface area contributed by atoms with E-state index in [1.165, 1.54) is 4.90 Å². The van der Waals surface area contributed by atoms with Crippen LogP contribution in [0.1, 0.15) is 54.9 Å². The molecular formula is C15H27NO5. The lowest BCUT2D eigenvalue weighted by Gasteiger charge is -2.35. The van der Waals surface area contributed by atoms with E-state index < -0.39 is 35.5 Å². The van der Waals surface area contributed by atoms with Crippen molar-refractivity contribution in [2.24, 2.45) is 5.92 Å². The lowest BCUT2D eigenvalue weighted by molar-refractivity contribution is -0.155. The van der Waals surface area contributed by atoms with Crippen LogP contribution in [0.25, 0.3) is 0 Å². The van der Waals surface area contributed by atoms with Gasteiger partial charge in [0, 0.05) is 0 Å². The second-order valence-electron chi connectivity index (χ2n) is 7.37. The molecule has 0 saturated carbocycles. The Bertz CT molecular complexity index is 411. The van der Waals surface area contributed by atoms with Crippen molar-refractivity contribution in [1.29, 1.82) is 0 Å². The van der Waals surface area contributed by atoms with Gasteiger partial charge in [0.15, 0.2) is 6.10 Å². The van der Waals surface area contributed by atoms with Crippen molar-refractivity contribution in [1.82, 2.24) is 4.90 Å². The summed E-state index contributed by atoms with van der Waals surface area (Å²) in [6.07, 6.45) is -1.03. The van der Waals surface area contributed by atoms with Crippen molar-refractivity contribution in [3.63, 3.8) is 0 Å². The number of carbonyl (C=O) groups is 2. The van der Waals surface area contributed by atoms with Crippen LogP contribution in [0.3, 0.4) is 0 Å². The Morgan fingerprint density at radius 3 is 2.24 bits per heavy atom. The monoisotopic (exact) mass is 301 g/mol. The van der Waals surface area contributed by atoms with Crippen LogP contribution in [0.2, 0.25) is 0 Å². The van der Waals surface area contributed by atoms with E-state index in [9.17, 15) is 14.7 Å². The number of amides is 1. The Balaban J connectivity index is 3.10. The molecule has 1 aliphatic heterocycles. The summed E-state index contributed by atoms with van der Waals surface area (Å²) >= 11 is 0. The number of rotatable bonds is 3. The molecule has 2 atom stereocenters. The number of hydrogen-bond donors (Lipinski definition) is 1. The molecule has 0 bridgehead atoms. The molecular weight excluding hydrogens is 274 g/mol. The first-order valence-corrected chi connectivity index (χ1v) is 7.28. The second-order valence-corrected chi connectivity index (χ2v) is 7.37. The van der Waals surface area contributed by atoms with Crippen LogP contribution in [0, 0.1) is 5.92 Å². The van der Waals surface area contributed by atoms with Crippen molar-refractivity contribution in [2.45, 2.75) is 78.4 Å². The summed E-state index contributed by atoms with van der Waals surface area (Å²) in [7, 11) is 0. The number of carboxylic acid groups (broad SMARTS) is 1. The van der Waals surface area contributed by atoms with Gasteiger partial charge in [-0.05, 0) is 47.0 Å². The van der Waals surface area contributed by atoms with Crippen molar-refractivity contribution in [3.05, 3.63) is 0 Å². The highest BCUT2D eigenvalue weighted by atomic mass is 16.6. The van der Waals surface area contributed by atoms with Gasteiger partial charge in [0.2, 0.25) is 0 Å². The van der Waals surface area contributed by atoms with E-state index >= 15 is 0 Å². The minimum Gasteiger partial charge on any atom is -0.479 e. The zero-order chi connectivity index (χ0) is 16.6. The summed E-state index contributed by atoms with van der Waals surface area (Å²) in [5.41, 5.74) is -1.65. The minimum atomic E-state index is -1.06. The van der Waals surface area contributed by atoms with E-state index in [4.69, 9.17) is 9.47 Å². The number of aliphatic carboxylic acids is 1. The smallest absolute Gasteiger partial charge is 0.412 e. The molecule has 122 valence electrons. The van der Waals surface area contributed by atoms with Crippen LogP contribution in [-0.4, -0.2) is 45.5 Å². The van der Waals surface area contributed by atoms with Gasteiger partial charge in [0.1, 0.15) is 11.3 Å². The standard InChI is InChI=1S/C15H27NO5/c1-9(2)8-10-11(12(17)18)20-15(6,7)16(10)13(19)21-14(3,4)5/h9-11H,8H2,1-7H3,(H,17,18)/t10-,11?/m0/s1. The molecule has 0 aromatic heterocycles. The van der Waals surface area contributed by atoms with Gasteiger partial charge in [-0.2, -0.15) is 0 Å². The fraction of sp³-hybridized carbons (Fsp3) is 0.867. The minimum absolute atomic E-state index is 0.235. The Morgan fingerprint density at radius 2 is 1.86 bits per heavy atom. The summed E-state index contributed by atoms with van der Waals surface area (Å²) in [6.45, 7) is 12.7. The fourth-order valence-corrected chi connectivity index (χ4v) is 2.57. The first kappa shape index (κ1) is 17.8. The van der Waals surface area contributed by atoms with Crippen LogP contribution in [0.4, 0.5) is 4.79 Å². The zero-order valence-electron chi connectivity index (χ0n) is 14.0. The Morgan fingerprint density at radius 1 is 1.33 bits per heavy atom. The predicted molar refractivity (Wildman–Crippen MR) is 77.9 cm³/mol. The highest BCUT2D eigenvalue weighted by molar-refractivity contribution is 5.77. The highest BCUT2D eigenvalue weighted by Gasteiger charge is 2.53. The molecule has 1 unspecified atom stereocenters. The maximum Gasteiger partial charge on any atom is 0.412 e. The van der Waals surface area contributed by atoms with Crippen LogP contribution in [-0.2, 0) is 14.3 Å². The van der Waals surface area contributed by atoms with Crippen LogP contribution < -0.4 is 0 Å². The molecule has 1 N–H and O–H groups in total. The van der Waals surface area contributed by atoms with E-state index in [1.807, 2.05) is 13.8 Å². The normalized spacial score (nSPS) is 25.2. The van der Waals surface area contributed by atoms with E-state index in [1.54, 1.807) is 34.6 Å². The fourth-order valence-electron chi connectivity index (χ4n) is 2.57. The Hall–Kier alpha value is -1.30. The molecule has 1 rings (SSSR count). The summed E-state index contributed by atoms with van der Waals surface area (Å²) < 4.78 is 11.0. The van der Waals surface area contributed by atoms with Gasteiger partial charge in [-0.15, -0.1) is 0 Å². The summed E-state index contributed by atoms with van der Waals surface area (Å²) in [5, 5.41) is 9.36. The lowest BCUT2D eigenvalue weighted by Crippen LogP contribution is -2.51. The molecule has 6 heteroatoms. The van der Waals surface area contributed by atoms with E-state index in [-0.39, 0.29) is 5.92 Å². The second kappa shape index (κ2) is 5.83. The van der Waals surface area contributed by atoms with Crippen LogP contribution >= 0.6 is 0 Å². The topological polar surface area (TPSA) is 76.1 Å². The van der Waals surface area contributed by atoms with Gasteiger partial charge >= 0.3 is 12.1 Å². The van der Waals surface area contributed by atoms with Crippen molar-refractivity contribution >= 4 is 12.1 Å². The Labute approximate surface area is 126 Å². The zero-order valence-corrected chi connectivity index (χ0v) is 14.0. The van der Waals surface area contributed by atoms with Crippen molar-refractivity contribution in [2.75, 3.05) is 0 Å². The molecule has 0 spiro atoms. The first-order valence-electron chi connectivity index (χ1n) is 7.28. The molecule has 0 aliphatic carbocycles. The van der Waals surface area contributed by atoms with Gasteiger partial charge in [0.05, 0.1) is 6.04 Å². The molecule has 1 saturated heterocycles. The number of hydrogen-bond acceptors (Lipinski definition) is 4. The molecule has 6 nitrogen and oxygen atoms in total. The lowest BCUT2D eigenvalue weighted by atomic mass is 9.98. The maximum atomic E-state index is 12.5. The third-order valence-corrected chi connectivity index (χ3v) is 3.22. The molecule has 1 aliphatic rings. The van der Waals surface area contributed by atoms with Crippen molar-refractivity contribution in [3.8, 4) is 0 Å². The SMILES string of the molecule is CC(C)C[C@H]1C(C(=O)O)OC(C)(C)N1C(=O)OC(C)(C)C. The van der Waals surface area contributed by atoms with Crippen molar-refractivity contribution < 1.29 is 24.2 Å². The number of carboxylic acids is 1. The highest BCUT2D eigenvalue weighted by Crippen LogP contribution is 2.36. The Kier molecular flexibility index (Phi) is 4.93.